The number of aliphatic hydroxyl groups excluding tert-OH is 1. The minimum Gasteiger partial charge on any atom is -0.394 e. The van der Waals surface area contributed by atoms with Gasteiger partial charge in [-0.1, -0.05) is 13.8 Å². The van der Waals surface area contributed by atoms with Gasteiger partial charge < -0.3 is 15.3 Å². The number of aromatic nitrogens is 1. The van der Waals surface area contributed by atoms with Crippen LogP contribution in [0.2, 0.25) is 0 Å². The average molecular weight is 395 g/mol. The number of hydrogen-bond donors (Lipinski definition) is 2. The molecule has 0 saturated carbocycles. The molecule has 2 N–H and O–H groups in total. The summed E-state index contributed by atoms with van der Waals surface area (Å²) in [6, 6.07) is 1.80. The maximum atomic E-state index is 9.50. The Labute approximate surface area is 131 Å². The van der Waals surface area contributed by atoms with Crippen LogP contribution in [0.15, 0.2) is 21.2 Å². The van der Waals surface area contributed by atoms with Crippen molar-refractivity contribution in [3.05, 3.63) is 26.9 Å². The molecule has 4 nitrogen and oxygen atoms in total. The molecule has 1 heterocycles. The summed E-state index contributed by atoms with van der Waals surface area (Å²) in [5.74, 6) is 0. The first-order valence-electron chi connectivity index (χ1n) is 6.49. The fourth-order valence-corrected chi connectivity index (χ4v) is 3.13. The third kappa shape index (κ3) is 5.47. The van der Waals surface area contributed by atoms with Crippen molar-refractivity contribution in [3.8, 4) is 0 Å². The molecule has 0 amide bonds. The molecule has 0 bridgehead atoms. The van der Waals surface area contributed by atoms with Gasteiger partial charge in [0.25, 0.3) is 0 Å². The predicted molar refractivity (Wildman–Crippen MR) is 85.3 cm³/mol. The quantitative estimate of drug-likeness (QED) is 0.711. The summed E-state index contributed by atoms with van der Waals surface area (Å²) in [5.41, 5.74) is 0.838. The second-order valence-electron chi connectivity index (χ2n) is 4.24. The molecule has 0 aliphatic carbocycles. The molecule has 1 atom stereocenters. The molecule has 0 aliphatic rings. The fourth-order valence-electron chi connectivity index (χ4n) is 1.87. The molecule has 108 valence electrons. The van der Waals surface area contributed by atoms with E-state index in [1.165, 1.54) is 0 Å². The SMILES string of the molecule is CCN(CC)CCNC(CO)c1ncc(Br)cc1Br. The molecule has 19 heavy (non-hydrogen) atoms. The zero-order valence-corrected chi connectivity index (χ0v) is 14.5. The van der Waals surface area contributed by atoms with E-state index in [1.807, 2.05) is 6.07 Å². The highest BCUT2D eigenvalue weighted by Gasteiger charge is 2.15. The van der Waals surface area contributed by atoms with Gasteiger partial charge in [-0.3, -0.25) is 4.98 Å². The van der Waals surface area contributed by atoms with Crippen LogP contribution in [0.1, 0.15) is 25.6 Å². The summed E-state index contributed by atoms with van der Waals surface area (Å²) >= 11 is 6.86. The van der Waals surface area contributed by atoms with E-state index < -0.39 is 0 Å². The highest BCUT2D eigenvalue weighted by atomic mass is 79.9. The van der Waals surface area contributed by atoms with Crippen molar-refractivity contribution in [1.82, 2.24) is 15.2 Å². The van der Waals surface area contributed by atoms with Crippen LogP contribution in [0.5, 0.6) is 0 Å². The van der Waals surface area contributed by atoms with Crippen LogP contribution in [0.4, 0.5) is 0 Å². The van der Waals surface area contributed by atoms with E-state index in [0.717, 1.165) is 40.8 Å². The lowest BCUT2D eigenvalue weighted by Crippen LogP contribution is -2.35. The van der Waals surface area contributed by atoms with Gasteiger partial charge in [0.2, 0.25) is 0 Å². The van der Waals surface area contributed by atoms with Crippen LogP contribution in [0, 0.1) is 0 Å². The van der Waals surface area contributed by atoms with Crippen LogP contribution in [-0.2, 0) is 0 Å². The minimum absolute atomic E-state index is 0.0332. The maximum absolute atomic E-state index is 9.50. The third-order valence-electron chi connectivity index (χ3n) is 3.06. The smallest absolute Gasteiger partial charge is 0.0741 e. The predicted octanol–water partition coefficient (Wildman–Crippen LogP) is 2.57. The van der Waals surface area contributed by atoms with E-state index in [9.17, 15) is 5.11 Å². The second kappa shape index (κ2) is 9.02. The molecule has 1 aromatic rings. The molecule has 1 aromatic heterocycles. The van der Waals surface area contributed by atoms with Gasteiger partial charge in [-0.2, -0.15) is 0 Å². The van der Waals surface area contributed by atoms with Gasteiger partial charge in [-0.25, -0.2) is 0 Å². The number of halogens is 2. The molecule has 1 unspecified atom stereocenters. The van der Waals surface area contributed by atoms with Crippen molar-refractivity contribution in [2.24, 2.45) is 0 Å². The number of hydrogen-bond acceptors (Lipinski definition) is 4. The number of likely N-dealkylation sites (N-methyl/N-ethyl adjacent to an activating group) is 1. The molecule has 6 heteroatoms. The molecule has 0 fully saturated rings. The van der Waals surface area contributed by atoms with Gasteiger partial charge in [-0.15, -0.1) is 0 Å². The van der Waals surface area contributed by atoms with Crippen molar-refractivity contribution in [1.29, 1.82) is 0 Å². The first-order valence-corrected chi connectivity index (χ1v) is 8.08. The lowest BCUT2D eigenvalue weighted by Gasteiger charge is -2.21. The Hall–Kier alpha value is -0.0100. The second-order valence-corrected chi connectivity index (χ2v) is 6.01. The van der Waals surface area contributed by atoms with Crippen molar-refractivity contribution in [2.75, 3.05) is 32.8 Å². The Morgan fingerprint density at radius 3 is 2.58 bits per heavy atom. The molecule has 0 saturated heterocycles. The van der Waals surface area contributed by atoms with E-state index in [1.54, 1.807) is 6.20 Å². The standard InChI is InChI=1S/C13H21Br2N3O/c1-3-18(4-2)6-5-16-12(9-19)13-11(15)7-10(14)8-17-13/h7-8,12,16,19H,3-6,9H2,1-2H3. The number of pyridine rings is 1. The Morgan fingerprint density at radius 1 is 1.37 bits per heavy atom. The van der Waals surface area contributed by atoms with Gasteiger partial charge in [0.05, 0.1) is 18.3 Å². The van der Waals surface area contributed by atoms with E-state index >= 15 is 0 Å². The normalized spacial score (nSPS) is 12.9. The van der Waals surface area contributed by atoms with Gasteiger partial charge in [0.1, 0.15) is 0 Å². The Balaban J connectivity index is 2.58. The lowest BCUT2D eigenvalue weighted by molar-refractivity contribution is 0.230. The topological polar surface area (TPSA) is 48.4 Å². The summed E-state index contributed by atoms with van der Waals surface area (Å²) in [7, 11) is 0. The van der Waals surface area contributed by atoms with Crippen molar-refractivity contribution in [2.45, 2.75) is 19.9 Å². The highest BCUT2D eigenvalue weighted by molar-refractivity contribution is 9.11. The van der Waals surface area contributed by atoms with Gasteiger partial charge in [0.15, 0.2) is 0 Å². The van der Waals surface area contributed by atoms with Crippen LogP contribution in [0.25, 0.3) is 0 Å². The summed E-state index contributed by atoms with van der Waals surface area (Å²) < 4.78 is 1.82. The van der Waals surface area contributed by atoms with Crippen molar-refractivity contribution in [3.63, 3.8) is 0 Å². The Bertz CT molecular complexity index is 386. The van der Waals surface area contributed by atoms with E-state index in [2.05, 4.69) is 60.9 Å². The summed E-state index contributed by atoms with van der Waals surface area (Å²) in [5, 5.41) is 12.8. The van der Waals surface area contributed by atoms with Crippen LogP contribution < -0.4 is 5.32 Å². The van der Waals surface area contributed by atoms with Crippen molar-refractivity contribution >= 4 is 31.9 Å². The van der Waals surface area contributed by atoms with Crippen LogP contribution in [-0.4, -0.2) is 47.8 Å². The molecule has 0 spiro atoms. The third-order valence-corrected chi connectivity index (χ3v) is 4.13. The van der Waals surface area contributed by atoms with Crippen LogP contribution >= 0.6 is 31.9 Å². The first kappa shape index (κ1) is 17.0. The van der Waals surface area contributed by atoms with Gasteiger partial charge in [-0.05, 0) is 51.0 Å². The molecule has 0 aliphatic heterocycles. The number of nitrogens with one attached hydrogen (secondary N) is 1. The minimum atomic E-state index is -0.141. The summed E-state index contributed by atoms with van der Waals surface area (Å²) in [4.78, 5) is 6.70. The summed E-state index contributed by atoms with van der Waals surface area (Å²) in [6.45, 7) is 8.23. The molecule has 0 radical (unpaired) electrons. The zero-order chi connectivity index (χ0) is 14.3. The molecule has 0 aromatic carbocycles. The largest absolute Gasteiger partial charge is 0.394 e. The maximum Gasteiger partial charge on any atom is 0.0741 e. The number of aliphatic hydroxyl groups is 1. The Morgan fingerprint density at radius 2 is 2.05 bits per heavy atom. The molecular formula is C13H21Br2N3O. The fraction of sp³-hybridized carbons (Fsp3) is 0.615. The molecular weight excluding hydrogens is 374 g/mol. The van der Waals surface area contributed by atoms with E-state index in [0.29, 0.717) is 0 Å². The Kier molecular flexibility index (Phi) is 8.09. The zero-order valence-electron chi connectivity index (χ0n) is 11.4. The van der Waals surface area contributed by atoms with Gasteiger partial charge >= 0.3 is 0 Å². The number of nitrogens with zero attached hydrogens (tertiary/aromatic N) is 2. The monoisotopic (exact) mass is 393 g/mol. The lowest BCUT2D eigenvalue weighted by atomic mass is 10.2. The summed E-state index contributed by atoms with van der Waals surface area (Å²) in [6.07, 6.45) is 1.74. The van der Waals surface area contributed by atoms with Crippen LogP contribution in [0.3, 0.4) is 0 Å². The first-order chi connectivity index (χ1) is 9.12. The van der Waals surface area contributed by atoms with E-state index in [-0.39, 0.29) is 12.6 Å². The number of rotatable bonds is 8. The van der Waals surface area contributed by atoms with E-state index in [4.69, 9.17) is 0 Å². The average Bonchev–Trinajstić information content (AvgIpc) is 2.40. The van der Waals surface area contributed by atoms with Crippen molar-refractivity contribution < 1.29 is 5.11 Å². The molecule has 1 rings (SSSR count). The highest BCUT2D eigenvalue weighted by Crippen LogP contribution is 2.24. The van der Waals surface area contributed by atoms with Gasteiger partial charge in [0, 0.05) is 28.2 Å².